The van der Waals surface area contributed by atoms with E-state index in [0.717, 1.165) is 5.56 Å². The highest BCUT2D eigenvalue weighted by Gasteiger charge is 2.78. The van der Waals surface area contributed by atoms with Crippen LogP contribution in [0.2, 0.25) is 10.0 Å². The molecule has 1 aliphatic carbocycles. The molecule has 3 aromatic rings. The smallest absolute Gasteiger partial charge is 0.270 e. The van der Waals surface area contributed by atoms with Crippen LogP contribution in [0.4, 0.5) is 5.69 Å². The maximum Gasteiger partial charge on any atom is 0.270 e. The average molecular weight is 625 g/mol. The van der Waals surface area contributed by atoms with E-state index in [0.29, 0.717) is 50.7 Å². The number of carbonyl (C=O) groups is 2. The van der Waals surface area contributed by atoms with E-state index in [-0.39, 0.29) is 29.3 Å². The molecule has 1 spiro atoms. The molecule has 3 aliphatic rings. The third-order valence-corrected chi connectivity index (χ3v) is 8.97. The van der Waals surface area contributed by atoms with Crippen LogP contribution in [-0.2, 0) is 10.3 Å². The van der Waals surface area contributed by atoms with Gasteiger partial charge in [-0.1, -0.05) is 23.2 Å². The maximum absolute atomic E-state index is 13.9. The molecule has 2 aliphatic heterocycles. The van der Waals surface area contributed by atoms with Crippen LogP contribution in [0, 0.1) is 11.8 Å². The van der Waals surface area contributed by atoms with Gasteiger partial charge in [-0.3, -0.25) is 14.6 Å². The van der Waals surface area contributed by atoms with E-state index < -0.39 is 17.0 Å². The summed E-state index contributed by atoms with van der Waals surface area (Å²) in [6.07, 6.45) is 0. The molecule has 3 heterocycles. The Morgan fingerprint density at radius 1 is 1.07 bits per heavy atom. The molecule has 0 saturated heterocycles. The number of nitrogens with two attached hydrogens (primary N) is 1. The van der Waals surface area contributed by atoms with Gasteiger partial charge in [0.25, 0.3) is 11.8 Å². The number of primary amides is 1. The summed E-state index contributed by atoms with van der Waals surface area (Å²) in [4.78, 5) is 31.9. The highest BCUT2D eigenvalue weighted by atomic mass is 35.5. The van der Waals surface area contributed by atoms with Gasteiger partial charge in [-0.15, -0.1) is 0 Å². The zero-order chi connectivity index (χ0) is 31.0. The SMILES string of the molecule is COc1cc(-c2cc3c(cc2OC)OCC2[C@H]4C(C(=O)N(C)C(C)(C)C)=NN(c5cc(Cl)cc(Cl)c5)C324)cc(C(N)=O)n1. The number of nitrogens with zero attached hydrogens (tertiary/aromatic N) is 4. The number of pyridine rings is 1. The molecule has 0 radical (unpaired) electrons. The number of rotatable bonds is 6. The van der Waals surface area contributed by atoms with Crippen molar-refractivity contribution in [3.63, 3.8) is 0 Å². The Morgan fingerprint density at radius 2 is 1.77 bits per heavy atom. The first-order chi connectivity index (χ1) is 20.3. The van der Waals surface area contributed by atoms with Crippen LogP contribution in [0.5, 0.6) is 17.4 Å². The van der Waals surface area contributed by atoms with E-state index in [4.69, 9.17) is 48.2 Å². The zero-order valence-electron chi connectivity index (χ0n) is 24.6. The van der Waals surface area contributed by atoms with Crippen LogP contribution in [0.3, 0.4) is 0 Å². The lowest BCUT2D eigenvalue weighted by Gasteiger charge is -2.34. The second-order valence-electron chi connectivity index (χ2n) is 11.9. The fourth-order valence-corrected chi connectivity index (χ4v) is 6.65. The van der Waals surface area contributed by atoms with Crippen molar-refractivity contribution in [1.82, 2.24) is 9.88 Å². The van der Waals surface area contributed by atoms with Crippen molar-refractivity contribution in [3.05, 3.63) is 63.8 Å². The molecule has 12 heteroatoms. The van der Waals surface area contributed by atoms with Gasteiger partial charge in [0.1, 0.15) is 28.4 Å². The lowest BCUT2D eigenvalue weighted by atomic mass is 9.92. The summed E-state index contributed by atoms with van der Waals surface area (Å²) in [6, 6.07) is 12.3. The summed E-state index contributed by atoms with van der Waals surface area (Å²) in [7, 11) is 4.80. The number of halogens is 2. The van der Waals surface area contributed by atoms with Crippen molar-refractivity contribution < 1.29 is 23.8 Å². The topological polar surface area (TPSA) is 120 Å². The summed E-state index contributed by atoms with van der Waals surface area (Å²) < 4.78 is 17.4. The van der Waals surface area contributed by atoms with E-state index >= 15 is 0 Å². The largest absolute Gasteiger partial charge is 0.496 e. The molecule has 10 nitrogen and oxygen atoms in total. The van der Waals surface area contributed by atoms with Gasteiger partial charge in [0, 0.05) is 57.7 Å². The first-order valence-corrected chi connectivity index (χ1v) is 14.4. The number of carbonyl (C=O) groups excluding carboxylic acids is 2. The van der Waals surface area contributed by atoms with Gasteiger partial charge >= 0.3 is 0 Å². The number of fused-ring (bicyclic) bond motifs is 2. The molecule has 2 unspecified atom stereocenters. The molecule has 2 aromatic carbocycles. The molecule has 2 N–H and O–H groups in total. The molecule has 1 fully saturated rings. The van der Waals surface area contributed by atoms with Crippen molar-refractivity contribution in [3.8, 4) is 28.5 Å². The Bertz CT molecular complexity index is 1700. The maximum atomic E-state index is 13.9. The number of amides is 2. The fourth-order valence-electron chi connectivity index (χ4n) is 6.13. The molecule has 3 atom stereocenters. The van der Waals surface area contributed by atoms with Gasteiger partial charge in [-0.25, -0.2) is 4.98 Å². The molecular formula is C31H31Cl2N5O5. The fraction of sp³-hybridized carbons (Fsp3) is 0.355. The van der Waals surface area contributed by atoms with Gasteiger partial charge in [0.15, 0.2) is 0 Å². The van der Waals surface area contributed by atoms with Crippen molar-refractivity contribution in [2.24, 2.45) is 22.7 Å². The van der Waals surface area contributed by atoms with Crippen molar-refractivity contribution >= 4 is 46.4 Å². The van der Waals surface area contributed by atoms with Crippen LogP contribution in [0.15, 0.2) is 47.6 Å². The Morgan fingerprint density at radius 3 is 2.37 bits per heavy atom. The number of hydrazone groups is 1. The highest BCUT2D eigenvalue weighted by Crippen LogP contribution is 2.70. The third-order valence-electron chi connectivity index (χ3n) is 8.53. The Labute approximate surface area is 259 Å². The summed E-state index contributed by atoms with van der Waals surface area (Å²) in [5, 5.41) is 7.71. The standard InChI is InChI=1S/C31H31Cl2N5O5/c1-30(2,3)37(4)29(40)27-26-21-14-43-24-13-23(41-5)19(15-7-22(28(34)39)35-25(8-15)42-6)12-20(24)31(21,26)38(36-27)18-10-16(32)9-17(33)11-18/h7-13,21,26H,14H2,1-6H3,(H2,34,39)/t21?,26-,31?/m0/s1. The molecule has 224 valence electrons. The highest BCUT2D eigenvalue weighted by molar-refractivity contribution is 6.42. The van der Waals surface area contributed by atoms with Crippen molar-refractivity contribution in [1.29, 1.82) is 0 Å². The van der Waals surface area contributed by atoms with Crippen LogP contribution < -0.4 is 25.0 Å². The van der Waals surface area contributed by atoms with Crippen LogP contribution in [0.1, 0.15) is 36.8 Å². The summed E-state index contributed by atoms with van der Waals surface area (Å²) in [6.45, 7) is 6.30. The van der Waals surface area contributed by atoms with Gasteiger partial charge in [0.05, 0.1) is 26.5 Å². The quantitative estimate of drug-likeness (QED) is 0.404. The first kappa shape index (κ1) is 29.1. The number of ether oxygens (including phenoxy) is 3. The van der Waals surface area contributed by atoms with E-state index in [1.54, 1.807) is 49.4 Å². The number of anilines is 1. The minimum Gasteiger partial charge on any atom is -0.496 e. The number of benzene rings is 2. The van der Waals surface area contributed by atoms with Crippen LogP contribution in [0.25, 0.3) is 11.1 Å². The normalized spacial score (nSPS) is 21.6. The minimum absolute atomic E-state index is 0.0446. The molecule has 1 aromatic heterocycles. The monoisotopic (exact) mass is 623 g/mol. The van der Waals surface area contributed by atoms with Gasteiger partial charge in [0.2, 0.25) is 5.88 Å². The molecule has 43 heavy (non-hydrogen) atoms. The van der Waals surface area contributed by atoms with Gasteiger partial charge in [-0.05, 0) is 56.7 Å². The summed E-state index contributed by atoms with van der Waals surface area (Å²) in [5.41, 5.74) is 7.61. The summed E-state index contributed by atoms with van der Waals surface area (Å²) in [5.74, 6) is 0.120. The predicted molar refractivity (Wildman–Crippen MR) is 164 cm³/mol. The third kappa shape index (κ3) is 4.46. The van der Waals surface area contributed by atoms with Crippen molar-refractivity contribution in [2.45, 2.75) is 31.8 Å². The molecule has 6 rings (SSSR count). The average Bonchev–Trinajstić information content (AvgIpc) is 3.51. The molecular weight excluding hydrogens is 593 g/mol. The second-order valence-corrected chi connectivity index (χ2v) is 12.7. The number of aromatic nitrogens is 1. The molecule has 1 saturated carbocycles. The predicted octanol–water partition coefficient (Wildman–Crippen LogP) is 5.14. The minimum atomic E-state index is -0.754. The second kappa shape index (κ2) is 10.0. The first-order valence-electron chi connectivity index (χ1n) is 13.7. The number of hydrogen-bond acceptors (Lipinski definition) is 8. The molecule has 0 bridgehead atoms. The van der Waals surface area contributed by atoms with E-state index in [1.165, 1.54) is 7.11 Å². The van der Waals surface area contributed by atoms with Gasteiger partial charge in [-0.2, -0.15) is 5.10 Å². The van der Waals surface area contributed by atoms with Gasteiger partial charge < -0.3 is 24.8 Å². The number of methoxy groups -OCH3 is 2. The van der Waals surface area contributed by atoms with E-state index in [9.17, 15) is 9.59 Å². The lowest BCUT2D eigenvalue weighted by molar-refractivity contribution is -0.127. The Hall–Kier alpha value is -4.02. The molecule has 2 amide bonds. The Balaban J connectivity index is 1.57. The van der Waals surface area contributed by atoms with Crippen molar-refractivity contribution in [2.75, 3.05) is 32.9 Å². The Kier molecular flexibility index (Phi) is 6.78. The van der Waals surface area contributed by atoms with E-state index in [1.807, 2.05) is 37.9 Å². The number of hydrogen-bond donors (Lipinski definition) is 1. The lowest BCUT2D eigenvalue weighted by Crippen LogP contribution is -2.46. The summed E-state index contributed by atoms with van der Waals surface area (Å²) >= 11 is 12.9. The van der Waals surface area contributed by atoms with Crippen LogP contribution >= 0.6 is 23.2 Å². The van der Waals surface area contributed by atoms with E-state index in [2.05, 4.69) is 4.98 Å². The zero-order valence-corrected chi connectivity index (χ0v) is 26.1. The van der Waals surface area contributed by atoms with Crippen LogP contribution in [-0.4, -0.2) is 60.8 Å².